The van der Waals surface area contributed by atoms with Crippen LogP contribution in [0.3, 0.4) is 0 Å². The van der Waals surface area contributed by atoms with E-state index in [4.69, 9.17) is 10.5 Å². The highest BCUT2D eigenvalue weighted by Gasteiger charge is 2.02. The van der Waals surface area contributed by atoms with Crippen molar-refractivity contribution < 1.29 is 4.74 Å². The number of hydrogen-bond acceptors (Lipinski definition) is 2. The van der Waals surface area contributed by atoms with Gasteiger partial charge in [-0.1, -0.05) is 26.0 Å². The first kappa shape index (κ1) is 13.0. The predicted molar refractivity (Wildman–Crippen MR) is 68.8 cm³/mol. The van der Waals surface area contributed by atoms with Crippen molar-refractivity contribution in [1.29, 1.82) is 0 Å². The lowest BCUT2D eigenvalue weighted by Crippen LogP contribution is -2.08. The van der Waals surface area contributed by atoms with E-state index < -0.39 is 0 Å². The maximum absolute atomic E-state index is 5.54. The number of hydrogen-bond donors (Lipinski definition) is 1. The van der Waals surface area contributed by atoms with Gasteiger partial charge in [-0.15, -0.1) is 0 Å². The summed E-state index contributed by atoms with van der Waals surface area (Å²) < 4.78 is 5.54. The summed E-state index contributed by atoms with van der Waals surface area (Å²) in [5, 5.41) is 0. The van der Waals surface area contributed by atoms with Crippen LogP contribution in [0, 0.1) is 5.92 Å². The van der Waals surface area contributed by atoms with Crippen molar-refractivity contribution in [2.45, 2.75) is 33.1 Å². The maximum Gasteiger partial charge on any atom is 0.119 e. The fraction of sp³-hybridized carbons (Fsp3) is 0.571. The van der Waals surface area contributed by atoms with Crippen LogP contribution in [0.2, 0.25) is 0 Å². The van der Waals surface area contributed by atoms with Gasteiger partial charge in [0.1, 0.15) is 5.75 Å². The van der Waals surface area contributed by atoms with E-state index in [0.717, 1.165) is 38.2 Å². The van der Waals surface area contributed by atoms with Gasteiger partial charge in [0, 0.05) is 0 Å². The van der Waals surface area contributed by atoms with E-state index in [1.807, 2.05) is 0 Å². The minimum absolute atomic E-state index is 0.660. The molecule has 1 rings (SSSR count). The summed E-state index contributed by atoms with van der Waals surface area (Å²) in [7, 11) is 0. The Morgan fingerprint density at radius 3 is 2.50 bits per heavy atom. The Kier molecular flexibility index (Phi) is 5.94. The summed E-state index contributed by atoms with van der Waals surface area (Å²) in [6.45, 7) is 5.93. The number of nitrogens with two attached hydrogens (primary N) is 1. The first-order valence-corrected chi connectivity index (χ1v) is 6.18. The van der Waals surface area contributed by atoms with E-state index in [2.05, 4.69) is 38.1 Å². The Hall–Kier alpha value is -1.02. The molecule has 1 atom stereocenters. The molecule has 0 aliphatic rings. The second-order valence-electron chi connectivity index (χ2n) is 4.38. The highest BCUT2D eigenvalue weighted by atomic mass is 16.5. The fourth-order valence-corrected chi connectivity index (χ4v) is 1.73. The Morgan fingerprint density at radius 2 is 1.94 bits per heavy atom. The van der Waals surface area contributed by atoms with Crippen molar-refractivity contribution in [2.24, 2.45) is 11.7 Å². The highest BCUT2D eigenvalue weighted by molar-refractivity contribution is 5.27. The molecular weight excluding hydrogens is 198 g/mol. The molecule has 1 unspecified atom stereocenters. The summed E-state index contributed by atoms with van der Waals surface area (Å²) >= 11 is 0. The van der Waals surface area contributed by atoms with Crippen LogP contribution in [0.1, 0.15) is 32.3 Å². The van der Waals surface area contributed by atoms with Crippen LogP contribution in [-0.4, -0.2) is 13.2 Å². The summed E-state index contributed by atoms with van der Waals surface area (Å²) in [6, 6.07) is 8.41. The van der Waals surface area contributed by atoms with Crippen LogP contribution in [0.25, 0.3) is 0 Å². The highest BCUT2D eigenvalue weighted by Crippen LogP contribution is 2.16. The van der Waals surface area contributed by atoms with Crippen LogP contribution in [0.15, 0.2) is 24.3 Å². The van der Waals surface area contributed by atoms with Gasteiger partial charge in [-0.25, -0.2) is 0 Å². The molecule has 2 N–H and O–H groups in total. The van der Waals surface area contributed by atoms with Crippen molar-refractivity contribution >= 4 is 0 Å². The molecule has 0 aliphatic carbocycles. The number of ether oxygens (including phenoxy) is 1. The second-order valence-corrected chi connectivity index (χ2v) is 4.38. The molecule has 0 saturated carbocycles. The summed E-state index contributed by atoms with van der Waals surface area (Å²) in [5.74, 6) is 1.63. The molecule has 0 radical (unpaired) electrons. The van der Waals surface area contributed by atoms with Crippen LogP contribution in [0.5, 0.6) is 5.75 Å². The summed E-state index contributed by atoms with van der Waals surface area (Å²) in [5.41, 5.74) is 6.91. The Balaban J connectivity index is 2.44. The molecule has 2 heteroatoms. The average Bonchev–Trinajstić information content (AvgIpc) is 2.28. The van der Waals surface area contributed by atoms with Gasteiger partial charge in [0.05, 0.1) is 6.61 Å². The standard InChI is InChI=1S/C14H23NO/c1-3-10-16-14-6-4-13(5-7-14)11-12(2)8-9-15/h4-7,12H,3,8-11,15H2,1-2H3. The molecule has 0 spiro atoms. The third-order valence-corrected chi connectivity index (χ3v) is 2.64. The molecule has 0 amide bonds. The SMILES string of the molecule is CCCOc1ccc(CC(C)CCN)cc1. The molecule has 0 heterocycles. The number of rotatable bonds is 7. The lowest BCUT2D eigenvalue weighted by atomic mass is 9.98. The number of benzene rings is 1. The van der Waals surface area contributed by atoms with Crippen molar-refractivity contribution in [1.82, 2.24) is 0 Å². The smallest absolute Gasteiger partial charge is 0.119 e. The quantitative estimate of drug-likeness (QED) is 0.768. The molecule has 2 nitrogen and oxygen atoms in total. The lowest BCUT2D eigenvalue weighted by molar-refractivity contribution is 0.317. The third kappa shape index (κ3) is 4.67. The molecule has 0 bridgehead atoms. The van der Waals surface area contributed by atoms with E-state index in [-0.39, 0.29) is 0 Å². The summed E-state index contributed by atoms with van der Waals surface area (Å²) in [4.78, 5) is 0. The molecule has 0 aromatic heterocycles. The third-order valence-electron chi connectivity index (χ3n) is 2.64. The van der Waals surface area contributed by atoms with Crippen LogP contribution >= 0.6 is 0 Å². The van der Waals surface area contributed by atoms with Gasteiger partial charge in [-0.2, -0.15) is 0 Å². The van der Waals surface area contributed by atoms with Gasteiger partial charge >= 0.3 is 0 Å². The van der Waals surface area contributed by atoms with Gasteiger partial charge in [-0.05, 0) is 49.4 Å². The zero-order valence-electron chi connectivity index (χ0n) is 10.4. The van der Waals surface area contributed by atoms with E-state index >= 15 is 0 Å². The molecule has 0 fully saturated rings. The molecular formula is C14H23NO. The topological polar surface area (TPSA) is 35.2 Å². The van der Waals surface area contributed by atoms with Gasteiger partial charge in [0.2, 0.25) is 0 Å². The van der Waals surface area contributed by atoms with Crippen LogP contribution < -0.4 is 10.5 Å². The minimum atomic E-state index is 0.660. The monoisotopic (exact) mass is 221 g/mol. The first-order valence-electron chi connectivity index (χ1n) is 6.18. The zero-order valence-corrected chi connectivity index (χ0v) is 10.4. The van der Waals surface area contributed by atoms with Crippen LogP contribution in [0.4, 0.5) is 0 Å². The molecule has 0 saturated heterocycles. The van der Waals surface area contributed by atoms with E-state index in [1.165, 1.54) is 5.56 Å². The molecule has 90 valence electrons. The molecule has 1 aromatic rings. The molecule has 1 aromatic carbocycles. The Labute approximate surface area is 98.8 Å². The largest absolute Gasteiger partial charge is 0.494 e. The average molecular weight is 221 g/mol. The molecule has 16 heavy (non-hydrogen) atoms. The zero-order chi connectivity index (χ0) is 11.8. The van der Waals surface area contributed by atoms with Crippen molar-refractivity contribution in [3.8, 4) is 5.75 Å². The van der Waals surface area contributed by atoms with Gasteiger partial charge in [0.25, 0.3) is 0 Å². The van der Waals surface area contributed by atoms with E-state index in [1.54, 1.807) is 0 Å². The lowest BCUT2D eigenvalue weighted by Gasteiger charge is -2.10. The second kappa shape index (κ2) is 7.29. The molecule has 0 aliphatic heterocycles. The first-order chi connectivity index (χ1) is 7.76. The van der Waals surface area contributed by atoms with E-state index in [0.29, 0.717) is 5.92 Å². The Bertz CT molecular complexity index is 281. The minimum Gasteiger partial charge on any atom is -0.494 e. The summed E-state index contributed by atoms with van der Waals surface area (Å²) in [6.07, 6.45) is 3.24. The van der Waals surface area contributed by atoms with E-state index in [9.17, 15) is 0 Å². The van der Waals surface area contributed by atoms with Gasteiger partial charge < -0.3 is 10.5 Å². The predicted octanol–water partition coefficient (Wildman–Crippen LogP) is 3.00. The van der Waals surface area contributed by atoms with Crippen molar-refractivity contribution in [3.05, 3.63) is 29.8 Å². The normalized spacial score (nSPS) is 12.4. The van der Waals surface area contributed by atoms with Crippen LogP contribution in [-0.2, 0) is 6.42 Å². The van der Waals surface area contributed by atoms with Gasteiger partial charge in [0.15, 0.2) is 0 Å². The van der Waals surface area contributed by atoms with Crippen molar-refractivity contribution in [3.63, 3.8) is 0 Å². The Morgan fingerprint density at radius 1 is 1.25 bits per heavy atom. The van der Waals surface area contributed by atoms with Gasteiger partial charge in [-0.3, -0.25) is 0 Å². The fourth-order valence-electron chi connectivity index (χ4n) is 1.73. The van der Waals surface area contributed by atoms with Crippen molar-refractivity contribution in [2.75, 3.05) is 13.2 Å². The maximum atomic E-state index is 5.54.